The van der Waals surface area contributed by atoms with E-state index in [0.29, 0.717) is 5.69 Å². The molecular formula is C16H11N3. The fourth-order valence-electron chi connectivity index (χ4n) is 2.08. The molecule has 0 radical (unpaired) electrons. The first kappa shape index (κ1) is 11.2. The van der Waals surface area contributed by atoms with E-state index < -0.39 is 0 Å². The van der Waals surface area contributed by atoms with E-state index in [1.54, 1.807) is 6.21 Å². The lowest BCUT2D eigenvalue weighted by Crippen LogP contribution is -1.91. The number of nitrogens with zero attached hydrogens (tertiary/aromatic N) is 2. The van der Waals surface area contributed by atoms with Crippen molar-refractivity contribution in [2.45, 2.75) is 0 Å². The van der Waals surface area contributed by atoms with E-state index >= 15 is 0 Å². The van der Waals surface area contributed by atoms with Crippen molar-refractivity contribution in [2.24, 2.45) is 4.99 Å². The van der Waals surface area contributed by atoms with Crippen molar-refractivity contribution < 1.29 is 0 Å². The Labute approximate surface area is 111 Å². The summed E-state index contributed by atoms with van der Waals surface area (Å²) in [5, 5.41) is 0. The molecule has 3 nitrogen and oxygen atoms in total. The largest absolute Gasteiger partial charge is 0.361 e. The zero-order valence-electron chi connectivity index (χ0n) is 10.2. The number of aromatic nitrogens is 1. The highest BCUT2D eigenvalue weighted by molar-refractivity contribution is 5.88. The van der Waals surface area contributed by atoms with Crippen LogP contribution in [0.25, 0.3) is 10.4 Å². The number of H-pyrrole nitrogens is 1. The van der Waals surface area contributed by atoms with Gasteiger partial charge in [0.2, 0.25) is 0 Å². The topological polar surface area (TPSA) is 32.5 Å². The Kier molecular flexibility index (Phi) is 2.83. The van der Waals surface area contributed by atoms with E-state index in [4.69, 9.17) is 6.57 Å². The van der Waals surface area contributed by atoms with E-state index in [2.05, 4.69) is 14.8 Å². The van der Waals surface area contributed by atoms with Crippen LogP contribution in [0.1, 0.15) is 11.3 Å². The van der Waals surface area contributed by atoms with Gasteiger partial charge in [-0.25, -0.2) is 4.85 Å². The molecule has 3 rings (SSSR count). The van der Waals surface area contributed by atoms with Crippen LogP contribution in [0.15, 0.2) is 65.4 Å². The second-order valence-corrected chi connectivity index (χ2v) is 4.14. The molecular weight excluding hydrogens is 234 g/mol. The van der Waals surface area contributed by atoms with Crippen LogP contribution in [-0.4, -0.2) is 11.2 Å². The molecule has 0 bridgehead atoms. The standard InChI is InChI=1S/C16H11N3/c1-17-13-8-6-12(7-9-13)16(14-4-2-10-18-14)15-5-3-11-19-15/h2-11,18H/b16-15-. The third-order valence-electron chi connectivity index (χ3n) is 2.96. The second-order valence-electron chi connectivity index (χ2n) is 4.14. The van der Waals surface area contributed by atoms with E-state index in [1.165, 1.54) is 0 Å². The van der Waals surface area contributed by atoms with Gasteiger partial charge in [0, 0.05) is 23.7 Å². The first-order valence-electron chi connectivity index (χ1n) is 5.95. The molecule has 1 aliphatic heterocycles. The zero-order chi connectivity index (χ0) is 13.1. The molecule has 0 amide bonds. The molecule has 1 aliphatic rings. The molecule has 0 unspecified atom stereocenters. The smallest absolute Gasteiger partial charge is 0.187 e. The predicted molar refractivity (Wildman–Crippen MR) is 77.2 cm³/mol. The summed E-state index contributed by atoms with van der Waals surface area (Å²) in [6, 6.07) is 11.6. The molecule has 0 saturated heterocycles. The molecule has 0 spiro atoms. The molecule has 0 fully saturated rings. The van der Waals surface area contributed by atoms with Crippen LogP contribution < -0.4 is 0 Å². The van der Waals surface area contributed by atoms with E-state index in [9.17, 15) is 0 Å². The molecule has 2 aromatic rings. The number of benzene rings is 1. The number of allylic oxidation sites excluding steroid dienone is 2. The van der Waals surface area contributed by atoms with Gasteiger partial charge in [0.1, 0.15) is 0 Å². The van der Waals surface area contributed by atoms with Gasteiger partial charge in [0.05, 0.1) is 12.3 Å². The van der Waals surface area contributed by atoms with E-state index in [1.807, 2.05) is 54.7 Å². The normalized spacial score (nSPS) is 15.5. The summed E-state index contributed by atoms with van der Waals surface area (Å²) in [5.41, 5.74) is 4.69. The maximum atomic E-state index is 7.00. The highest BCUT2D eigenvalue weighted by Crippen LogP contribution is 2.29. The van der Waals surface area contributed by atoms with Crippen LogP contribution in [-0.2, 0) is 0 Å². The van der Waals surface area contributed by atoms with Gasteiger partial charge < -0.3 is 4.98 Å². The molecule has 0 atom stereocenters. The molecule has 1 N–H and O–H groups in total. The van der Waals surface area contributed by atoms with Crippen LogP contribution in [0.3, 0.4) is 0 Å². The monoisotopic (exact) mass is 245 g/mol. The van der Waals surface area contributed by atoms with Crippen LogP contribution in [0.2, 0.25) is 0 Å². The lowest BCUT2D eigenvalue weighted by molar-refractivity contribution is 1.32. The van der Waals surface area contributed by atoms with Crippen LogP contribution in [0.4, 0.5) is 5.69 Å². The van der Waals surface area contributed by atoms with Gasteiger partial charge in [-0.3, -0.25) is 4.99 Å². The maximum Gasteiger partial charge on any atom is 0.187 e. The Morgan fingerprint density at radius 1 is 1.16 bits per heavy atom. The lowest BCUT2D eigenvalue weighted by Gasteiger charge is -2.08. The van der Waals surface area contributed by atoms with Crippen LogP contribution in [0, 0.1) is 6.57 Å². The number of aromatic amines is 1. The summed E-state index contributed by atoms with van der Waals surface area (Å²) in [6.07, 6.45) is 7.59. The first-order valence-corrected chi connectivity index (χ1v) is 5.95. The number of aliphatic imine (C=N–C) groups is 1. The number of hydrogen-bond donors (Lipinski definition) is 1. The molecule has 0 aliphatic carbocycles. The van der Waals surface area contributed by atoms with Crippen LogP contribution >= 0.6 is 0 Å². The fraction of sp³-hybridized carbons (Fsp3) is 0. The molecule has 3 heteroatoms. The zero-order valence-corrected chi connectivity index (χ0v) is 10.2. The second kappa shape index (κ2) is 4.79. The lowest BCUT2D eigenvalue weighted by atomic mass is 10.0. The number of nitrogens with one attached hydrogen (secondary N) is 1. The minimum atomic E-state index is 0.644. The Bertz CT molecular complexity index is 694. The van der Waals surface area contributed by atoms with Gasteiger partial charge in [-0.1, -0.05) is 24.3 Å². The average molecular weight is 245 g/mol. The summed E-state index contributed by atoms with van der Waals surface area (Å²) < 4.78 is 0. The van der Waals surface area contributed by atoms with E-state index in [-0.39, 0.29) is 0 Å². The summed E-state index contributed by atoms with van der Waals surface area (Å²) >= 11 is 0. The Morgan fingerprint density at radius 3 is 2.58 bits per heavy atom. The summed E-state index contributed by atoms with van der Waals surface area (Å²) in [6.45, 7) is 7.00. The highest BCUT2D eigenvalue weighted by Gasteiger charge is 2.12. The summed E-state index contributed by atoms with van der Waals surface area (Å²) in [4.78, 5) is 11.0. The molecule has 1 aromatic heterocycles. The van der Waals surface area contributed by atoms with Gasteiger partial charge in [-0.15, -0.1) is 0 Å². The molecule has 1 aromatic carbocycles. The van der Waals surface area contributed by atoms with Crippen molar-refractivity contribution in [2.75, 3.05) is 0 Å². The van der Waals surface area contributed by atoms with Gasteiger partial charge in [-0.05, 0) is 29.8 Å². The van der Waals surface area contributed by atoms with Crippen molar-refractivity contribution in [3.63, 3.8) is 0 Å². The summed E-state index contributed by atoms with van der Waals surface area (Å²) in [5.74, 6) is 0. The van der Waals surface area contributed by atoms with Crippen molar-refractivity contribution in [3.05, 3.63) is 83.1 Å². The van der Waals surface area contributed by atoms with Crippen LogP contribution in [0.5, 0.6) is 0 Å². The molecule has 90 valence electrons. The van der Waals surface area contributed by atoms with Gasteiger partial charge in [-0.2, -0.15) is 0 Å². The van der Waals surface area contributed by atoms with Crippen molar-refractivity contribution in [1.29, 1.82) is 0 Å². The highest BCUT2D eigenvalue weighted by atomic mass is 14.8. The Balaban J connectivity index is 2.15. The van der Waals surface area contributed by atoms with Crippen molar-refractivity contribution >= 4 is 17.5 Å². The third kappa shape index (κ3) is 2.12. The minimum absolute atomic E-state index is 0.644. The number of rotatable bonds is 2. The minimum Gasteiger partial charge on any atom is -0.361 e. The average Bonchev–Trinajstić information content (AvgIpc) is 3.13. The SMILES string of the molecule is [C-]#[N+]c1ccc(/C(=C2\C=CC=N2)c2ccc[nH]2)cc1. The summed E-state index contributed by atoms with van der Waals surface area (Å²) in [7, 11) is 0. The van der Waals surface area contributed by atoms with E-state index in [0.717, 1.165) is 22.5 Å². The third-order valence-corrected chi connectivity index (χ3v) is 2.96. The number of hydrogen-bond acceptors (Lipinski definition) is 1. The predicted octanol–water partition coefficient (Wildman–Crippen LogP) is 3.97. The first-order chi connectivity index (χ1) is 9.38. The fourth-order valence-corrected chi connectivity index (χ4v) is 2.08. The Morgan fingerprint density at radius 2 is 2.00 bits per heavy atom. The molecule has 0 saturated carbocycles. The van der Waals surface area contributed by atoms with Gasteiger partial charge in [0.15, 0.2) is 5.69 Å². The van der Waals surface area contributed by atoms with Crippen molar-refractivity contribution in [1.82, 2.24) is 4.98 Å². The maximum absolute atomic E-state index is 7.00. The molecule has 19 heavy (non-hydrogen) atoms. The van der Waals surface area contributed by atoms with Crippen molar-refractivity contribution in [3.8, 4) is 0 Å². The quantitative estimate of drug-likeness (QED) is 0.777. The van der Waals surface area contributed by atoms with Gasteiger partial charge in [0.25, 0.3) is 0 Å². The Hall–Kier alpha value is -2.86. The van der Waals surface area contributed by atoms with Gasteiger partial charge >= 0.3 is 0 Å². The molecule has 2 heterocycles.